The first-order valence-corrected chi connectivity index (χ1v) is 7.07. The summed E-state index contributed by atoms with van der Waals surface area (Å²) < 4.78 is 5.67. The van der Waals surface area contributed by atoms with Crippen LogP contribution in [0.2, 0.25) is 0 Å². The molecule has 0 radical (unpaired) electrons. The minimum absolute atomic E-state index is 0.00436. The van der Waals surface area contributed by atoms with E-state index in [2.05, 4.69) is 0 Å². The Balaban J connectivity index is 2.28. The van der Waals surface area contributed by atoms with Gasteiger partial charge in [-0.15, -0.1) is 0 Å². The molecule has 0 spiro atoms. The van der Waals surface area contributed by atoms with Crippen molar-refractivity contribution in [3.8, 4) is 0 Å². The maximum Gasteiger partial charge on any atom is 0.323 e. The average molecular weight is 284 g/mol. The largest absolute Gasteiger partial charge is 0.480 e. The molecule has 3 unspecified atom stereocenters. The first-order valence-electron chi connectivity index (χ1n) is 7.07. The molecule has 2 fully saturated rings. The predicted molar refractivity (Wildman–Crippen MR) is 73.0 cm³/mol. The Morgan fingerprint density at radius 1 is 1.45 bits per heavy atom. The summed E-state index contributed by atoms with van der Waals surface area (Å²) in [6, 6.07) is -0.198. The summed E-state index contributed by atoms with van der Waals surface area (Å²) in [6.45, 7) is 7.76. The molecule has 3 atom stereocenters. The third-order valence-corrected chi connectivity index (χ3v) is 5.00. The number of amides is 1. The van der Waals surface area contributed by atoms with Crippen molar-refractivity contribution in [2.75, 3.05) is 13.2 Å². The lowest BCUT2D eigenvalue weighted by Crippen LogP contribution is -2.80. The third kappa shape index (κ3) is 1.85. The minimum atomic E-state index is -1.03. The van der Waals surface area contributed by atoms with Crippen LogP contribution in [0.3, 0.4) is 0 Å². The summed E-state index contributed by atoms with van der Waals surface area (Å²) >= 11 is 0. The minimum Gasteiger partial charge on any atom is -0.480 e. The van der Waals surface area contributed by atoms with Crippen molar-refractivity contribution in [1.82, 2.24) is 4.90 Å². The van der Waals surface area contributed by atoms with Crippen molar-refractivity contribution in [2.45, 2.75) is 51.8 Å². The molecule has 2 rings (SSSR count). The normalized spacial score (nSPS) is 34.5. The zero-order valence-corrected chi connectivity index (χ0v) is 12.5. The number of carbonyl (C=O) groups excluding carboxylic acids is 1. The molecule has 0 aromatic heterocycles. The van der Waals surface area contributed by atoms with Crippen LogP contribution < -0.4 is 5.73 Å². The highest BCUT2D eigenvalue weighted by molar-refractivity contribution is 5.92. The second-order valence-electron chi connectivity index (χ2n) is 6.70. The number of hydrogen-bond donors (Lipinski definition) is 2. The molecular formula is C14H24N2O4. The maximum absolute atomic E-state index is 12.9. The average Bonchev–Trinajstić information content (AvgIpc) is 2.81. The highest BCUT2D eigenvalue weighted by Gasteiger charge is 2.72. The Kier molecular flexibility index (Phi) is 3.59. The van der Waals surface area contributed by atoms with Crippen LogP contribution in [0.15, 0.2) is 0 Å². The van der Waals surface area contributed by atoms with Crippen molar-refractivity contribution in [3.63, 3.8) is 0 Å². The summed E-state index contributed by atoms with van der Waals surface area (Å²) in [5, 5.41) is 9.00. The van der Waals surface area contributed by atoms with Gasteiger partial charge in [0.05, 0.1) is 6.10 Å². The summed E-state index contributed by atoms with van der Waals surface area (Å²) in [4.78, 5) is 25.2. The van der Waals surface area contributed by atoms with Gasteiger partial charge in [0.15, 0.2) is 0 Å². The first-order chi connectivity index (χ1) is 9.14. The molecule has 1 amide bonds. The number of carboxylic acid groups (broad SMARTS) is 1. The highest BCUT2D eigenvalue weighted by atomic mass is 16.5. The molecule has 1 heterocycles. The number of hydrogen-bond acceptors (Lipinski definition) is 4. The van der Waals surface area contributed by atoms with Crippen LogP contribution in [0.25, 0.3) is 0 Å². The molecule has 0 aromatic carbocycles. The number of fused-ring (bicyclic) bond motifs is 1. The molecule has 0 bridgehead atoms. The monoisotopic (exact) mass is 284 g/mol. The molecule has 114 valence electrons. The number of carboxylic acids is 1. The fraction of sp³-hybridized carbons (Fsp3) is 0.857. The molecule has 2 aliphatic rings. The van der Waals surface area contributed by atoms with E-state index in [4.69, 9.17) is 15.6 Å². The zero-order valence-electron chi connectivity index (χ0n) is 12.5. The van der Waals surface area contributed by atoms with E-state index < -0.39 is 16.9 Å². The second-order valence-corrected chi connectivity index (χ2v) is 6.70. The van der Waals surface area contributed by atoms with Crippen LogP contribution in [0.1, 0.15) is 34.1 Å². The van der Waals surface area contributed by atoms with Gasteiger partial charge in [0.25, 0.3) is 0 Å². The van der Waals surface area contributed by atoms with E-state index in [1.165, 1.54) is 4.90 Å². The number of carbonyl (C=O) groups is 2. The quantitative estimate of drug-likeness (QED) is 0.782. The van der Waals surface area contributed by atoms with Crippen molar-refractivity contribution in [3.05, 3.63) is 0 Å². The van der Waals surface area contributed by atoms with E-state index in [1.54, 1.807) is 13.8 Å². The molecule has 6 nitrogen and oxygen atoms in total. The van der Waals surface area contributed by atoms with Gasteiger partial charge in [0, 0.05) is 24.0 Å². The predicted octanol–water partition coefficient (Wildman–Crippen LogP) is 0.450. The molecule has 1 saturated heterocycles. The molecule has 1 aliphatic heterocycles. The molecule has 6 heteroatoms. The summed E-state index contributed by atoms with van der Waals surface area (Å²) in [5.74, 6) is -1.31. The maximum atomic E-state index is 12.9. The Morgan fingerprint density at radius 2 is 2.05 bits per heavy atom. The van der Waals surface area contributed by atoms with Crippen LogP contribution in [0, 0.1) is 11.3 Å². The second kappa shape index (κ2) is 4.70. The van der Waals surface area contributed by atoms with Gasteiger partial charge >= 0.3 is 5.97 Å². The lowest BCUT2D eigenvalue weighted by Gasteiger charge is -2.61. The van der Waals surface area contributed by atoms with Gasteiger partial charge < -0.3 is 20.5 Å². The van der Waals surface area contributed by atoms with E-state index in [0.29, 0.717) is 6.61 Å². The number of aliphatic carboxylic acids is 1. The van der Waals surface area contributed by atoms with Gasteiger partial charge in [0.1, 0.15) is 12.1 Å². The summed E-state index contributed by atoms with van der Waals surface area (Å²) in [5.41, 5.74) is 4.95. The smallest absolute Gasteiger partial charge is 0.323 e. The van der Waals surface area contributed by atoms with Gasteiger partial charge in [-0.3, -0.25) is 9.59 Å². The lowest BCUT2D eigenvalue weighted by molar-refractivity contribution is -0.186. The fourth-order valence-electron chi connectivity index (χ4n) is 3.69. The number of nitrogens with two attached hydrogens (primary N) is 1. The fourth-order valence-corrected chi connectivity index (χ4v) is 3.69. The van der Waals surface area contributed by atoms with E-state index in [0.717, 1.165) is 6.42 Å². The molecule has 1 aliphatic carbocycles. The van der Waals surface area contributed by atoms with E-state index in [9.17, 15) is 9.59 Å². The van der Waals surface area contributed by atoms with E-state index in [1.807, 2.05) is 13.8 Å². The summed E-state index contributed by atoms with van der Waals surface area (Å²) in [7, 11) is 0. The van der Waals surface area contributed by atoms with Gasteiger partial charge in [-0.05, 0) is 20.3 Å². The van der Waals surface area contributed by atoms with E-state index in [-0.39, 0.29) is 30.5 Å². The molecule has 3 N–H and O–H groups in total. The standard InChI is InChI=1S/C14H24N2O4/c1-8(2)16(7-10(17)18)12(19)14(15)9-5-6-20-11(9)13(14,3)4/h8-9,11H,5-7,15H2,1-4H3,(H,17,18). The van der Waals surface area contributed by atoms with Crippen molar-refractivity contribution < 1.29 is 19.4 Å². The molecule has 0 aromatic rings. The third-order valence-electron chi connectivity index (χ3n) is 5.00. The lowest BCUT2D eigenvalue weighted by atomic mass is 9.47. The van der Waals surface area contributed by atoms with Gasteiger partial charge in [-0.1, -0.05) is 13.8 Å². The molecule has 1 saturated carbocycles. The van der Waals surface area contributed by atoms with Crippen LogP contribution in [-0.2, 0) is 14.3 Å². The number of nitrogens with zero attached hydrogens (tertiary/aromatic N) is 1. The van der Waals surface area contributed by atoms with Gasteiger partial charge in [0.2, 0.25) is 5.91 Å². The molecular weight excluding hydrogens is 260 g/mol. The van der Waals surface area contributed by atoms with Crippen LogP contribution >= 0.6 is 0 Å². The SMILES string of the molecule is CC(C)N(CC(=O)O)C(=O)C1(N)C2CCOC2C1(C)C. The van der Waals surface area contributed by atoms with Crippen molar-refractivity contribution in [2.24, 2.45) is 17.1 Å². The topological polar surface area (TPSA) is 92.9 Å². The summed E-state index contributed by atoms with van der Waals surface area (Å²) in [6.07, 6.45) is 0.755. The Labute approximate surface area is 119 Å². The van der Waals surface area contributed by atoms with E-state index >= 15 is 0 Å². The molecule has 20 heavy (non-hydrogen) atoms. The highest BCUT2D eigenvalue weighted by Crippen LogP contribution is 2.58. The van der Waals surface area contributed by atoms with Gasteiger partial charge in [-0.25, -0.2) is 0 Å². The van der Waals surface area contributed by atoms with Crippen LogP contribution in [-0.4, -0.2) is 52.7 Å². The van der Waals surface area contributed by atoms with Crippen molar-refractivity contribution >= 4 is 11.9 Å². The van der Waals surface area contributed by atoms with Crippen LogP contribution in [0.4, 0.5) is 0 Å². The Morgan fingerprint density at radius 3 is 2.55 bits per heavy atom. The Bertz CT molecular complexity index is 435. The van der Waals surface area contributed by atoms with Crippen molar-refractivity contribution in [1.29, 1.82) is 0 Å². The van der Waals surface area contributed by atoms with Gasteiger partial charge in [-0.2, -0.15) is 0 Å². The number of rotatable bonds is 4. The van der Waals surface area contributed by atoms with Crippen LogP contribution in [0.5, 0.6) is 0 Å². The first kappa shape index (κ1) is 15.3. The number of ether oxygens (including phenoxy) is 1. The Hall–Kier alpha value is -1.14. The zero-order chi connectivity index (χ0) is 15.3.